The Morgan fingerprint density at radius 3 is 2.72 bits per heavy atom. The van der Waals surface area contributed by atoms with Gasteiger partial charge in [-0.2, -0.15) is 5.10 Å². The summed E-state index contributed by atoms with van der Waals surface area (Å²) in [7, 11) is 1.88. The maximum absolute atomic E-state index is 13.5. The van der Waals surface area contributed by atoms with Gasteiger partial charge in [0.1, 0.15) is 5.60 Å². The SMILES string of the molecule is Cn1ncc(Cl)c1CC1c2cc(C3COC3)ccc2C(=O)N1CC1CC2(CNC(=O)O2)C1. The van der Waals surface area contributed by atoms with E-state index in [1.165, 1.54) is 5.56 Å². The number of aryl methyl sites for hydroxylation is 1. The van der Waals surface area contributed by atoms with E-state index in [0.717, 1.165) is 42.9 Å². The predicted molar refractivity (Wildman–Crippen MR) is 116 cm³/mol. The van der Waals surface area contributed by atoms with Crippen LogP contribution in [0.4, 0.5) is 4.79 Å². The van der Waals surface area contributed by atoms with Crippen LogP contribution in [0.2, 0.25) is 5.02 Å². The smallest absolute Gasteiger partial charge is 0.407 e. The van der Waals surface area contributed by atoms with Gasteiger partial charge in [0.2, 0.25) is 0 Å². The van der Waals surface area contributed by atoms with Crippen LogP contribution < -0.4 is 5.32 Å². The molecule has 8 nitrogen and oxygen atoms in total. The molecule has 2 amide bonds. The average molecular weight is 457 g/mol. The molecule has 3 fully saturated rings. The molecule has 4 heterocycles. The number of halogens is 1. The van der Waals surface area contributed by atoms with Crippen LogP contribution in [0.1, 0.15) is 52.0 Å². The topological polar surface area (TPSA) is 85.7 Å². The first-order chi connectivity index (χ1) is 15.4. The van der Waals surface area contributed by atoms with Gasteiger partial charge in [0, 0.05) is 31.5 Å². The molecule has 0 bridgehead atoms. The molecule has 1 spiro atoms. The third-order valence-electron chi connectivity index (χ3n) is 7.45. The number of nitrogens with zero attached hydrogens (tertiary/aromatic N) is 3. The van der Waals surface area contributed by atoms with Gasteiger partial charge in [-0.1, -0.05) is 23.7 Å². The van der Waals surface area contributed by atoms with Crippen LogP contribution in [0, 0.1) is 5.92 Å². The van der Waals surface area contributed by atoms with Crippen LogP contribution in [-0.4, -0.2) is 58.6 Å². The Labute approximate surface area is 190 Å². The molecule has 1 saturated carbocycles. The van der Waals surface area contributed by atoms with E-state index in [0.29, 0.717) is 36.4 Å². The summed E-state index contributed by atoms with van der Waals surface area (Å²) in [4.78, 5) is 26.9. The molecule has 0 radical (unpaired) electrons. The van der Waals surface area contributed by atoms with E-state index in [-0.39, 0.29) is 18.0 Å². The van der Waals surface area contributed by atoms with Crippen LogP contribution in [-0.2, 0) is 22.9 Å². The Morgan fingerprint density at radius 1 is 1.28 bits per heavy atom. The fourth-order valence-electron chi connectivity index (χ4n) is 5.61. The summed E-state index contributed by atoms with van der Waals surface area (Å²) in [5, 5.41) is 7.65. The molecular weight excluding hydrogens is 432 g/mol. The number of hydrogen-bond acceptors (Lipinski definition) is 5. The van der Waals surface area contributed by atoms with Crippen molar-refractivity contribution < 1.29 is 19.1 Å². The number of ether oxygens (including phenoxy) is 2. The summed E-state index contributed by atoms with van der Waals surface area (Å²) >= 11 is 6.43. The van der Waals surface area contributed by atoms with Crippen LogP contribution in [0.25, 0.3) is 0 Å². The van der Waals surface area contributed by atoms with E-state index in [1.807, 2.05) is 18.0 Å². The normalized spacial score (nSPS) is 29.0. The van der Waals surface area contributed by atoms with E-state index in [2.05, 4.69) is 22.5 Å². The van der Waals surface area contributed by atoms with Crippen molar-refractivity contribution in [1.82, 2.24) is 20.0 Å². The molecule has 1 aromatic carbocycles. The van der Waals surface area contributed by atoms with E-state index in [9.17, 15) is 9.59 Å². The van der Waals surface area contributed by atoms with E-state index in [4.69, 9.17) is 21.1 Å². The molecule has 1 N–H and O–H groups in total. The third-order valence-corrected chi connectivity index (χ3v) is 7.76. The fraction of sp³-hybridized carbons (Fsp3) is 0.522. The minimum atomic E-state index is -0.393. The fourth-order valence-corrected chi connectivity index (χ4v) is 5.85. The highest BCUT2D eigenvalue weighted by atomic mass is 35.5. The largest absolute Gasteiger partial charge is 0.441 e. The zero-order valence-corrected chi connectivity index (χ0v) is 18.6. The summed E-state index contributed by atoms with van der Waals surface area (Å²) in [6.07, 6.45) is 3.46. The molecule has 6 rings (SSSR count). The lowest BCUT2D eigenvalue weighted by Crippen LogP contribution is -2.51. The van der Waals surface area contributed by atoms with Crippen molar-refractivity contribution in [3.63, 3.8) is 0 Å². The molecule has 1 unspecified atom stereocenters. The van der Waals surface area contributed by atoms with Crippen molar-refractivity contribution >= 4 is 23.6 Å². The molecule has 32 heavy (non-hydrogen) atoms. The molecule has 9 heteroatoms. The molecule has 4 aliphatic rings. The van der Waals surface area contributed by atoms with Crippen molar-refractivity contribution in [3.8, 4) is 0 Å². The number of rotatable bonds is 5. The number of hydrogen-bond donors (Lipinski definition) is 1. The number of amides is 2. The lowest BCUT2D eigenvalue weighted by atomic mass is 9.70. The Balaban J connectivity index is 1.29. The molecule has 168 valence electrons. The van der Waals surface area contributed by atoms with Crippen molar-refractivity contribution in [2.75, 3.05) is 26.3 Å². The minimum Gasteiger partial charge on any atom is -0.441 e. The van der Waals surface area contributed by atoms with Gasteiger partial charge in [0.15, 0.2) is 0 Å². The highest BCUT2D eigenvalue weighted by Gasteiger charge is 2.52. The minimum absolute atomic E-state index is 0.0576. The maximum atomic E-state index is 13.5. The number of fused-ring (bicyclic) bond motifs is 1. The van der Waals surface area contributed by atoms with Crippen LogP contribution in [0.3, 0.4) is 0 Å². The van der Waals surface area contributed by atoms with Crippen LogP contribution in [0.15, 0.2) is 24.4 Å². The molecular formula is C23H25ClN4O4. The van der Waals surface area contributed by atoms with Crippen LogP contribution in [0.5, 0.6) is 0 Å². The summed E-state index contributed by atoms with van der Waals surface area (Å²) in [6.45, 7) is 2.64. The second kappa shape index (κ2) is 7.22. The average Bonchev–Trinajstić information content (AvgIpc) is 3.32. The quantitative estimate of drug-likeness (QED) is 0.747. The van der Waals surface area contributed by atoms with Gasteiger partial charge >= 0.3 is 6.09 Å². The molecule has 1 aliphatic carbocycles. The Kier molecular flexibility index (Phi) is 4.52. The van der Waals surface area contributed by atoms with Gasteiger partial charge in [-0.3, -0.25) is 9.48 Å². The van der Waals surface area contributed by atoms with Gasteiger partial charge in [0.05, 0.1) is 42.7 Å². The summed E-state index contributed by atoms with van der Waals surface area (Å²) in [5.74, 6) is 0.744. The third kappa shape index (κ3) is 3.11. The summed E-state index contributed by atoms with van der Waals surface area (Å²) in [5.41, 5.74) is 3.56. The van der Waals surface area contributed by atoms with Crippen molar-refractivity contribution in [3.05, 3.63) is 51.8 Å². The number of nitrogens with one attached hydrogen (secondary N) is 1. The Morgan fingerprint density at radius 2 is 2.09 bits per heavy atom. The molecule has 3 aliphatic heterocycles. The van der Waals surface area contributed by atoms with Gasteiger partial charge in [-0.25, -0.2) is 4.79 Å². The molecule has 1 aromatic heterocycles. The molecule has 2 aromatic rings. The number of benzene rings is 1. The first-order valence-electron chi connectivity index (χ1n) is 11.1. The number of alkyl carbamates (subject to hydrolysis) is 1. The Hall–Kier alpha value is -2.58. The molecule has 2 saturated heterocycles. The van der Waals surface area contributed by atoms with E-state index < -0.39 is 5.60 Å². The van der Waals surface area contributed by atoms with Gasteiger partial charge < -0.3 is 19.7 Å². The lowest BCUT2D eigenvalue weighted by Gasteiger charge is -2.44. The van der Waals surface area contributed by atoms with Gasteiger partial charge in [0.25, 0.3) is 5.91 Å². The standard InChI is InChI=1S/C23H25ClN4O4/c1-27-20(18(24)8-26-27)5-19-17-4-14(15-10-31-11-15)2-3-16(17)21(29)28(19)9-13-6-23(7-13)12-25-22(30)32-23/h2-4,8,13,15,19H,5-7,9-12H2,1H3,(H,25,30). The first-order valence-corrected chi connectivity index (χ1v) is 11.5. The molecule has 1 atom stereocenters. The zero-order valence-electron chi connectivity index (χ0n) is 17.8. The second-order valence-electron chi connectivity index (χ2n) is 9.52. The zero-order chi connectivity index (χ0) is 22.0. The van der Waals surface area contributed by atoms with Gasteiger partial charge in [-0.05, 0) is 36.0 Å². The highest BCUT2D eigenvalue weighted by Crippen LogP contribution is 2.46. The van der Waals surface area contributed by atoms with Gasteiger partial charge in [-0.15, -0.1) is 0 Å². The highest BCUT2D eigenvalue weighted by molar-refractivity contribution is 6.31. The maximum Gasteiger partial charge on any atom is 0.407 e. The van der Waals surface area contributed by atoms with E-state index in [1.54, 1.807) is 10.9 Å². The monoisotopic (exact) mass is 456 g/mol. The van der Waals surface area contributed by atoms with Crippen LogP contribution >= 0.6 is 11.6 Å². The van der Waals surface area contributed by atoms with E-state index >= 15 is 0 Å². The van der Waals surface area contributed by atoms with Crippen molar-refractivity contribution in [2.24, 2.45) is 13.0 Å². The van der Waals surface area contributed by atoms with Crippen molar-refractivity contribution in [1.29, 1.82) is 0 Å². The second-order valence-corrected chi connectivity index (χ2v) is 9.93. The Bertz CT molecular complexity index is 1090. The predicted octanol–water partition coefficient (Wildman–Crippen LogP) is 2.82. The lowest BCUT2D eigenvalue weighted by molar-refractivity contribution is -0.0555. The number of carbonyl (C=O) groups excluding carboxylic acids is 2. The number of aromatic nitrogens is 2. The first kappa shape index (κ1) is 20.1. The summed E-state index contributed by atoms with van der Waals surface area (Å²) < 4.78 is 12.6. The van der Waals surface area contributed by atoms with Crippen molar-refractivity contribution in [2.45, 2.75) is 36.8 Å². The summed E-state index contributed by atoms with van der Waals surface area (Å²) in [6, 6.07) is 6.10. The number of carbonyl (C=O) groups is 2.